The highest BCUT2D eigenvalue weighted by molar-refractivity contribution is 8.01. The molecular formula is C15H11NOS2. The summed E-state index contributed by atoms with van der Waals surface area (Å²) in [5.41, 5.74) is 1.69. The predicted octanol–water partition coefficient (Wildman–Crippen LogP) is 5.21. The molecule has 3 rings (SSSR count). The van der Waals surface area contributed by atoms with Crippen LogP contribution in [-0.4, -0.2) is 4.98 Å². The lowest BCUT2D eigenvalue weighted by atomic mass is 10.3. The number of rotatable bonds is 4. The van der Waals surface area contributed by atoms with Gasteiger partial charge in [0.2, 0.25) is 0 Å². The number of hydrogen-bond donors (Lipinski definition) is 0. The topological polar surface area (TPSA) is 26.0 Å². The minimum Gasteiger partial charge on any atom is -0.431 e. The molecule has 0 amide bonds. The van der Waals surface area contributed by atoms with Gasteiger partial charge in [-0.3, -0.25) is 0 Å². The molecule has 94 valence electrons. The molecule has 0 saturated carbocycles. The number of thioether (sulfide) groups is 1. The summed E-state index contributed by atoms with van der Waals surface area (Å²) in [6.07, 6.45) is 0. The molecular weight excluding hydrogens is 274 g/mol. The fourth-order valence-corrected chi connectivity index (χ4v) is 2.99. The number of hydrogen-bond acceptors (Lipinski definition) is 4. The molecule has 0 saturated heterocycles. The van der Waals surface area contributed by atoms with Gasteiger partial charge in [0.15, 0.2) is 5.58 Å². The van der Waals surface area contributed by atoms with E-state index in [4.69, 9.17) is 4.42 Å². The molecule has 0 aliphatic rings. The summed E-state index contributed by atoms with van der Waals surface area (Å²) in [5, 5.41) is 2.34. The smallest absolute Gasteiger partial charge is 0.261 e. The molecule has 19 heavy (non-hydrogen) atoms. The zero-order chi connectivity index (χ0) is 13.1. The lowest BCUT2D eigenvalue weighted by Gasteiger charge is -2.00. The molecule has 4 heteroatoms. The van der Waals surface area contributed by atoms with Gasteiger partial charge < -0.3 is 4.42 Å². The van der Waals surface area contributed by atoms with Crippen molar-refractivity contribution in [2.24, 2.45) is 0 Å². The van der Waals surface area contributed by atoms with Gasteiger partial charge in [-0.25, -0.2) is 4.98 Å². The first-order chi connectivity index (χ1) is 9.35. The van der Waals surface area contributed by atoms with Gasteiger partial charge in [-0.05, 0) is 47.5 Å². The number of fused-ring (bicyclic) bond motifs is 1. The van der Waals surface area contributed by atoms with Crippen LogP contribution in [0, 0.1) is 0 Å². The third-order valence-electron chi connectivity index (χ3n) is 2.50. The molecule has 0 radical (unpaired) electrons. The van der Waals surface area contributed by atoms with Gasteiger partial charge in [0.25, 0.3) is 5.22 Å². The van der Waals surface area contributed by atoms with Crippen molar-refractivity contribution >= 4 is 34.6 Å². The molecule has 0 fully saturated rings. The Labute approximate surface area is 119 Å². The van der Waals surface area contributed by atoms with Gasteiger partial charge in [-0.2, -0.15) is 0 Å². The third-order valence-corrected chi connectivity index (χ3v) is 4.04. The van der Waals surface area contributed by atoms with Crippen LogP contribution < -0.4 is 0 Å². The Balaban J connectivity index is 1.90. The van der Waals surface area contributed by atoms with Crippen molar-refractivity contribution in [3.63, 3.8) is 0 Å². The van der Waals surface area contributed by atoms with Crippen LogP contribution in [0.1, 0.15) is 0 Å². The maximum Gasteiger partial charge on any atom is 0.261 e. The number of aromatic nitrogens is 1. The van der Waals surface area contributed by atoms with Crippen LogP contribution in [0.3, 0.4) is 0 Å². The Kier molecular flexibility index (Phi) is 3.62. The van der Waals surface area contributed by atoms with E-state index >= 15 is 0 Å². The van der Waals surface area contributed by atoms with Crippen molar-refractivity contribution in [1.82, 2.24) is 4.98 Å². The molecule has 0 unspecified atom stereocenters. The molecule has 0 atom stereocenters. The standard InChI is InChI=1S/C15H11NOS2/c1-2-18-15-16-13-9-8-12(10-14(13)17-15)19-11-6-4-3-5-7-11/h2-10H,1H2. The zero-order valence-corrected chi connectivity index (χ0v) is 11.7. The first kappa shape index (κ1) is 12.4. The Morgan fingerprint density at radius 2 is 1.89 bits per heavy atom. The highest BCUT2D eigenvalue weighted by Crippen LogP contribution is 2.31. The van der Waals surface area contributed by atoms with Gasteiger partial charge in [-0.15, -0.1) is 0 Å². The highest BCUT2D eigenvalue weighted by Gasteiger charge is 2.06. The zero-order valence-electron chi connectivity index (χ0n) is 10.1. The average molecular weight is 285 g/mol. The van der Waals surface area contributed by atoms with Crippen LogP contribution >= 0.6 is 23.5 Å². The van der Waals surface area contributed by atoms with E-state index in [1.165, 1.54) is 16.7 Å². The van der Waals surface area contributed by atoms with E-state index in [9.17, 15) is 0 Å². The summed E-state index contributed by atoms with van der Waals surface area (Å²) in [7, 11) is 0. The summed E-state index contributed by atoms with van der Waals surface area (Å²) in [6.45, 7) is 3.66. The number of benzene rings is 2. The van der Waals surface area contributed by atoms with E-state index in [0.717, 1.165) is 16.0 Å². The van der Waals surface area contributed by atoms with Crippen molar-refractivity contribution in [1.29, 1.82) is 0 Å². The van der Waals surface area contributed by atoms with Crippen LogP contribution in [0.5, 0.6) is 0 Å². The van der Waals surface area contributed by atoms with Gasteiger partial charge in [0.05, 0.1) is 0 Å². The summed E-state index contributed by atoms with van der Waals surface area (Å²) in [5.74, 6) is 0. The second-order valence-electron chi connectivity index (χ2n) is 3.81. The lowest BCUT2D eigenvalue weighted by molar-refractivity contribution is 0.490. The molecule has 2 aromatic carbocycles. The van der Waals surface area contributed by atoms with Gasteiger partial charge >= 0.3 is 0 Å². The van der Waals surface area contributed by atoms with Crippen LogP contribution in [-0.2, 0) is 0 Å². The van der Waals surface area contributed by atoms with Gasteiger partial charge in [-0.1, -0.05) is 36.5 Å². The minimum atomic E-state index is 0.631. The normalized spacial score (nSPS) is 10.7. The number of oxazole rings is 1. The third kappa shape index (κ3) is 2.85. The van der Waals surface area contributed by atoms with Crippen molar-refractivity contribution in [2.75, 3.05) is 0 Å². The van der Waals surface area contributed by atoms with Crippen LogP contribution in [0.4, 0.5) is 0 Å². The van der Waals surface area contributed by atoms with Gasteiger partial charge in [0.1, 0.15) is 5.52 Å². The molecule has 3 aromatic rings. The molecule has 0 bridgehead atoms. The van der Waals surface area contributed by atoms with Crippen LogP contribution in [0.25, 0.3) is 11.1 Å². The second-order valence-corrected chi connectivity index (χ2v) is 5.87. The summed E-state index contributed by atoms with van der Waals surface area (Å²) in [4.78, 5) is 6.72. The van der Waals surface area contributed by atoms with E-state index in [1.807, 2.05) is 30.3 Å². The van der Waals surface area contributed by atoms with Crippen molar-refractivity contribution < 1.29 is 4.42 Å². The lowest BCUT2D eigenvalue weighted by Crippen LogP contribution is -1.73. The molecule has 0 aliphatic carbocycles. The Bertz CT molecular complexity index is 706. The predicted molar refractivity (Wildman–Crippen MR) is 80.6 cm³/mol. The maximum absolute atomic E-state index is 5.65. The van der Waals surface area contributed by atoms with E-state index in [0.29, 0.717) is 5.22 Å². The van der Waals surface area contributed by atoms with Crippen LogP contribution in [0.15, 0.2) is 79.9 Å². The van der Waals surface area contributed by atoms with Crippen molar-refractivity contribution in [2.45, 2.75) is 15.0 Å². The molecule has 0 aliphatic heterocycles. The SMILES string of the molecule is C=CSc1nc2ccc(Sc3ccccc3)cc2o1. The van der Waals surface area contributed by atoms with Crippen molar-refractivity contribution in [3.8, 4) is 0 Å². The monoisotopic (exact) mass is 285 g/mol. The van der Waals surface area contributed by atoms with E-state index < -0.39 is 0 Å². The van der Waals surface area contributed by atoms with Crippen molar-refractivity contribution in [3.05, 3.63) is 60.5 Å². The molecule has 1 aromatic heterocycles. The summed E-state index contributed by atoms with van der Waals surface area (Å²) < 4.78 is 5.65. The fourth-order valence-electron chi connectivity index (χ4n) is 1.69. The second kappa shape index (κ2) is 5.55. The molecule has 2 nitrogen and oxygen atoms in total. The summed E-state index contributed by atoms with van der Waals surface area (Å²) in [6, 6.07) is 16.3. The molecule has 1 heterocycles. The Morgan fingerprint density at radius 1 is 1.05 bits per heavy atom. The fraction of sp³-hybridized carbons (Fsp3) is 0. The van der Waals surface area contributed by atoms with E-state index in [1.54, 1.807) is 17.2 Å². The first-order valence-electron chi connectivity index (χ1n) is 5.76. The maximum atomic E-state index is 5.65. The largest absolute Gasteiger partial charge is 0.431 e. The Hall–Kier alpha value is -1.65. The highest BCUT2D eigenvalue weighted by atomic mass is 32.2. The molecule has 0 N–H and O–H groups in total. The first-order valence-corrected chi connectivity index (χ1v) is 7.46. The quantitative estimate of drug-likeness (QED) is 0.614. The van der Waals surface area contributed by atoms with E-state index in [2.05, 4.69) is 29.8 Å². The Morgan fingerprint density at radius 3 is 2.68 bits per heavy atom. The number of nitrogens with zero attached hydrogens (tertiary/aromatic N) is 1. The minimum absolute atomic E-state index is 0.631. The average Bonchev–Trinajstić information content (AvgIpc) is 2.82. The van der Waals surface area contributed by atoms with E-state index in [-0.39, 0.29) is 0 Å². The molecule has 0 spiro atoms. The van der Waals surface area contributed by atoms with Crippen LogP contribution in [0.2, 0.25) is 0 Å². The van der Waals surface area contributed by atoms with Gasteiger partial charge in [0, 0.05) is 9.79 Å². The summed E-state index contributed by atoms with van der Waals surface area (Å²) >= 11 is 3.10.